The van der Waals surface area contributed by atoms with Gasteiger partial charge in [-0.3, -0.25) is 0 Å². The predicted molar refractivity (Wildman–Crippen MR) is 194 cm³/mol. The molecular weight excluding hydrogens is 551 g/mol. The van der Waals surface area contributed by atoms with Crippen LogP contribution in [0.3, 0.4) is 0 Å². The molecule has 4 heteroatoms. The van der Waals surface area contributed by atoms with E-state index in [0.717, 1.165) is 12.2 Å². The highest BCUT2D eigenvalue weighted by Crippen LogP contribution is 2.38. The smallest absolute Gasteiger partial charge is 0.268 e. The Hall–Kier alpha value is -3.63. The Morgan fingerprint density at radius 2 is 1.45 bits per heavy atom. The first-order valence-corrected chi connectivity index (χ1v) is 17.0. The lowest BCUT2D eigenvalue weighted by Gasteiger charge is -2.23. The Morgan fingerprint density at radius 1 is 0.795 bits per heavy atom. The Bertz CT molecular complexity index is 2020. The summed E-state index contributed by atoms with van der Waals surface area (Å²) in [6.45, 7) is 20.8. The Morgan fingerprint density at radius 3 is 2.09 bits per heavy atom. The van der Waals surface area contributed by atoms with Crippen LogP contribution in [0.5, 0.6) is 0 Å². The summed E-state index contributed by atoms with van der Waals surface area (Å²) in [5.41, 5.74) is 13.7. The highest BCUT2D eigenvalue weighted by Gasteiger charge is 2.40. The van der Waals surface area contributed by atoms with Crippen molar-refractivity contribution < 1.29 is 0 Å². The number of imidazole rings is 1. The summed E-state index contributed by atoms with van der Waals surface area (Å²) in [6, 6.07) is 25.9. The summed E-state index contributed by atoms with van der Waals surface area (Å²) in [6.07, 6.45) is 3.24. The third-order valence-electron chi connectivity index (χ3n) is 9.24. The number of thiophene rings is 1. The number of rotatable bonds is 5. The molecule has 3 heterocycles. The maximum atomic E-state index is 5.15. The van der Waals surface area contributed by atoms with E-state index in [2.05, 4.69) is 140 Å². The van der Waals surface area contributed by atoms with Crippen LogP contribution in [-0.2, 0) is 6.42 Å². The molecule has 0 fully saturated rings. The molecule has 6 aromatic rings. The normalized spacial score (nSPS) is 13.1. The van der Waals surface area contributed by atoms with E-state index in [1.807, 2.05) is 11.3 Å². The second-order valence-corrected chi connectivity index (χ2v) is 16.0. The summed E-state index contributed by atoms with van der Waals surface area (Å²) in [5, 5.41) is 2.74. The van der Waals surface area contributed by atoms with Crippen molar-refractivity contribution in [3.8, 4) is 17.1 Å². The highest BCUT2D eigenvalue weighted by atomic mass is 32.1. The molecule has 44 heavy (non-hydrogen) atoms. The van der Waals surface area contributed by atoms with Gasteiger partial charge in [0.05, 0.1) is 0 Å². The van der Waals surface area contributed by atoms with Crippen molar-refractivity contribution in [3.05, 3.63) is 101 Å². The first-order valence-electron chi connectivity index (χ1n) is 16.2. The number of aryl methyl sites for hydroxylation is 2. The molecule has 4 aromatic carbocycles. The average Bonchev–Trinajstić information content (AvgIpc) is 3.60. The minimum absolute atomic E-state index is 0.132. The van der Waals surface area contributed by atoms with Gasteiger partial charge in [-0.05, 0) is 89.3 Å². The molecule has 0 radical (unpaired) electrons. The molecule has 0 saturated heterocycles. The highest BCUT2D eigenvalue weighted by molar-refractivity contribution is 7.26. The molecule has 7 rings (SSSR count). The van der Waals surface area contributed by atoms with E-state index in [1.165, 1.54) is 75.8 Å². The van der Waals surface area contributed by atoms with Gasteiger partial charge in [0.25, 0.3) is 6.71 Å². The molecule has 0 atom stereocenters. The number of hydrogen-bond donors (Lipinski definition) is 0. The van der Waals surface area contributed by atoms with Crippen LogP contribution in [0, 0.1) is 19.3 Å². The molecule has 0 bridgehead atoms. The van der Waals surface area contributed by atoms with Crippen LogP contribution in [0.25, 0.3) is 37.2 Å². The van der Waals surface area contributed by atoms with E-state index >= 15 is 0 Å². The van der Waals surface area contributed by atoms with Crippen LogP contribution in [0.2, 0.25) is 0 Å². The fourth-order valence-corrected chi connectivity index (χ4v) is 8.74. The van der Waals surface area contributed by atoms with Crippen LogP contribution in [0.15, 0.2) is 72.9 Å². The molecule has 0 spiro atoms. The van der Waals surface area contributed by atoms with E-state index in [-0.39, 0.29) is 12.1 Å². The van der Waals surface area contributed by atoms with Gasteiger partial charge in [0.15, 0.2) is 0 Å². The predicted octanol–water partition coefficient (Wildman–Crippen LogP) is 9.19. The molecule has 0 unspecified atom stereocenters. The van der Waals surface area contributed by atoms with Crippen molar-refractivity contribution in [2.24, 2.45) is 5.41 Å². The van der Waals surface area contributed by atoms with Crippen molar-refractivity contribution in [2.75, 3.05) is 0 Å². The molecule has 2 aromatic heterocycles. The minimum Gasteiger partial charge on any atom is -0.305 e. The van der Waals surface area contributed by atoms with Crippen molar-refractivity contribution in [1.29, 1.82) is 0 Å². The summed E-state index contributed by atoms with van der Waals surface area (Å²) < 4.78 is 5.21. The zero-order chi connectivity index (χ0) is 31.1. The van der Waals surface area contributed by atoms with Gasteiger partial charge in [0.2, 0.25) is 0 Å². The first-order chi connectivity index (χ1) is 20.9. The van der Waals surface area contributed by atoms with Gasteiger partial charge in [-0.25, -0.2) is 4.98 Å². The molecular formula is C40H43BN2S. The van der Waals surface area contributed by atoms with E-state index in [9.17, 15) is 0 Å². The minimum atomic E-state index is 0.132. The zero-order valence-electron chi connectivity index (χ0n) is 27.7. The van der Waals surface area contributed by atoms with E-state index < -0.39 is 0 Å². The number of hydrogen-bond acceptors (Lipinski definition) is 2. The second kappa shape index (κ2) is 10.5. The Kier molecular flexibility index (Phi) is 6.93. The third-order valence-corrected chi connectivity index (χ3v) is 10.4. The van der Waals surface area contributed by atoms with E-state index in [4.69, 9.17) is 4.98 Å². The lowest BCUT2D eigenvalue weighted by molar-refractivity contribution is 0.411. The lowest BCUT2D eigenvalue weighted by Crippen LogP contribution is -2.52. The average molecular weight is 595 g/mol. The molecule has 0 aliphatic carbocycles. The van der Waals surface area contributed by atoms with Gasteiger partial charge in [-0.15, -0.1) is 11.3 Å². The van der Waals surface area contributed by atoms with Gasteiger partial charge in [0.1, 0.15) is 5.82 Å². The van der Waals surface area contributed by atoms with E-state index in [0.29, 0.717) is 11.8 Å². The molecule has 2 nitrogen and oxygen atoms in total. The maximum absolute atomic E-state index is 5.15. The molecule has 0 N–H and O–H groups in total. The van der Waals surface area contributed by atoms with Gasteiger partial charge < -0.3 is 4.57 Å². The summed E-state index contributed by atoms with van der Waals surface area (Å²) in [4.78, 5) is 5.15. The number of fused-ring (bicyclic) bond motifs is 6. The second-order valence-electron chi connectivity index (χ2n) is 14.9. The van der Waals surface area contributed by atoms with Crippen molar-refractivity contribution in [2.45, 2.75) is 80.6 Å². The van der Waals surface area contributed by atoms with Gasteiger partial charge >= 0.3 is 0 Å². The van der Waals surface area contributed by atoms with E-state index in [1.54, 1.807) is 0 Å². The topological polar surface area (TPSA) is 17.8 Å². The van der Waals surface area contributed by atoms with Gasteiger partial charge in [-0.2, -0.15) is 0 Å². The number of benzene rings is 4. The van der Waals surface area contributed by atoms with Gasteiger partial charge in [0, 0.05) is 37.8 Å². The number of nitrogens with zero attached hydrogens (tertiary/aromatic N) is 2. The van der Waals surface area contributed by atoms with Crippen molar-refractivity contribution in [3.63, 3.8) is 0 Å². The summed E-state index contributed by atoms with van der Waals surface area (Å²) >= 11 is 1.93. The quantitative estimate of drug-likeness (QED) is 0.182. The number of aromatic nitrogens is 2. The van der Waals surface area contributed by atoms with Crippen LogP contribution in [0.1, 0.15) is 88.1 Å². The van der Waals surface area contributed by atoms with Crippen LogP contribution in [-0.4, -0.2) is 16.3 Å². The van der Waals surface area contributed by atoms with Crippen LogP contribution in [0.4, 0.5) is 0 Å². The monoisotopic (exact) mass is 594 g/mol. The summed E-state index contributed by atoms with van der Waals surface area (Å²) in [5.74, 6) is 1.89. The van der Waals surface area contributed by atoms with Crippen LogP contribution >= 0.6 is 11.3 Å². The van der Waals surface area contributed by atoms with Crippen LogP contribution < -0.4 is 16.5 Å². The largest absolute Gasteiger partial charge is 0.305 e. The molecule has 1 aliphatic heterocycles. The Labute approximate surface area is 267 Å². The fraction of sp³-hybridized carbons (Fsp3) is 0.325. The molecule has 1 aliphatic rings. The molecule has 0 saturated carbocycles. The Balaban J connectivity index is 1.53. The van der Waals surface area contributed by atoms with Crippen molar-refractivity contribution in [1.82, 2.24) is 9.55 Å². The fourth-order valence-electron chi connectivity index (χ4n) is 7.55. The zero-order valence-corrected chi connectivity index (χ0v) is 28.5. The summed E-state index contributed by atoms with van der Waals surface area (Å²) in [7, 11) is 0. The van der Waals surface area contributed by atoms with Gasteiger partial charge in [-0.1, -0.05) is 108 Å². The maximum Gasteiger partial charge on any atom is 0.268 e. The SMILES string of the molecule is Cc1cc(C)cc(-c2ncc3n2-c2cc4sc5cc(CC(C)(C)C)ccc5c4cc2B3c2c(C(C)C)cccc2C(C)C)c1. The molecule has 222 valence electrons. The molecule has 0 amide bonds. The lowest BCUT2D eigenvalue weighted by atomic mass is 9.37. The standard InChI is InChI=1S/C40H43BN2S/c1-23(2)29-11-10-12-30(24(3)4)38(29)41-33-19-32-31-14-13-27(21-40(7,8)9)18-35(31)44-36(32)20-34(33)43-37(41)22-42-39(43)28-16-25(5)15-26(6)17-28/h10-20,22-24H,21H2,1-9H3. The van der Waals surface area contributed by atoms with Crippen molar-refractivity contribution >= 4 is 54.7 Å². The third kappa shape index (κ3) is 4.83. The first kappa shape index (κ1) is 29.1.